The number of hydrogen-bond donors (Lipinski definition) is 0. The third kappa shape index (κ3) is 4.35. The molecular formula is C48H34N2S. The average molecular weight is 671 g/mol. The first-order valence-electron chi connectivity index (χ1n) is 18.0. The summed E-state index contributed by atoms with van der Waals surface area (Å²) in [6.07, 6.45) is 19.3. The highest BCUT2D eigenvalue weighted by Crippen LogP contribution is 2.51. The van der Waals surface area contributed by atoms with Crippen LogP contribution in [0.3, 0.4) is 0 Å². The maximum Gasteiger partial charge on any atom is 0.0586 e. The monoisotopic (exact) mass is 670 g/mol. The van der Waals surface area contributed by atoms with E-state index >= 15 is 0 Å². The Morgan fingerprint density at radius 1 is 0.529 bits per heavy atom. The van der Waals surface area contributed by atoms with E-state index in [2.05, 4.69) is 185 Å². The molecule has 8 aromatic rings. The first kappa shape index (κ1) is 28.9. The standard InChI is InChI=1S/C48H34N2S/c1-2-13-32(14-3-1)49-43-22-10-7-19-39(43)48-38(20-12-23-45(48)49)35-16-5-4-15-34(35)31-25-27-44-40(29-31)36-17-6-9-21-42(36)50(44)33-26-28-47-41(30-33)37-18-8-11-24-46(37)51-47/h1-13,15-30,32,39,43H,14H2/t32?,39-,43?/m0/s1. The molecule has 0 spiro atoms. The van der Waals surface area contributed by atoms with Gasteiger partial charge in [0.2, 0.25) is 0 Å². The van der Waals surface area contributed by atoms with Crippen molar-refractivity contribution in [2.24, 2.45) is 0 Å². The maximum absolute atomic E-state index is 2.66. The lowest BCUT2D eigenvalue weighted by atomic mass is 9.84. The van der Waals surface area contributed by atoms with Crippen molar-refractivity contribution in [3.8, 4) is 27.9 Å². The second-order valence-electron chi connectivity index (χ2n) is 14.0. The summed E-state index contributed by atoms with van der Waals surface area (Å²) in [6, 6.07) is 48.3. The summed E-state index contributed by atoms with van der Waals surface area (Å²) < 4.78 is 5.11. The number of anilines is 1. The van der Waals surface area contributed by atoms with E-state index < -0.39 is 0 Å². The Bertz CT molecular complexity index is 2820. The fourth-order valence-electron chi connectivity index (χ4n) is 9.07. The summed E-state index contributed by atoms with van der Waals surface area (Å²) in [4.78, 5) is 2.66. The highest BCUT2D eigenvalue weighted by molar-refractivity contribution is 7.25. The summed E-state index contributed by atoms with van der Waals surface area (Å²) in [7, 11) is 0. The maximum atomic E-state index is 2.66. The minimum atomic E-state index is 0.312. The molecule has 2 aliphatic carbocycles. The lowest BCUT2D eigenvalue weighted by molar-refractivity contribution is 0.614. The Morgan fingerprint density at radius 2 is 1.29 bits per heavy atom. The number of aromatic nitrogens is 1. The number of thiophene rings is 1. The van der Waals surface area contributed by atoms with Gasteiger partial charge in [0.05, 0.1) is 23.1 Å². The van der Waals surface area contributed by atoms with Crippen molar-refractivity contribution < 1.29 is 0 Å². The van der Waals surface area contributed by atoms with Crippen molar-refractivity contribution in [2.75, 3.05) is 4.90 Å². The van der Waals surface area contributed by atoms with E-state index in [-0.39, 0.29) is 0 Å². The largest absolute Gasteiger partial charge is 0.357 e. The number of nitrogens with zero attached hydrogens (tertiary/aromatic N) is 2. The van der Waals surface area contributed by atoms with Crippen LogP contribution in [0.15, 0.2) is 176 Å². The molecule has 2 nitrogen and oxygen atoms in total. The van der Waals surface area contributed by atoms with Gasteiger partial charge in [-0.2, -0.15) is 0 Å². The van der Waals surface area contributed by atoms with Crippen LogP contribution in [0.25, 0.3) is 69.9 Å². The number of para-hydroxylation sites is 1. The second-order valence-corrected chi connectivity index (χ2v) is 15.0. The molecule has 6 aromatic carbocycles. The Kier molecular flexibility index (Phi) is 6.41. The van der Waals surface area contributed by atoms with Crippen molar-refractivity contribution in [3.63, 3.8) is 0 Å². The predicted molar refractivity (Wildman–Crippen MR) is 219 cm³/mol. The molecule has 2 unspecified atom stereocenters. The van der Waals surface area contributed by atoms with Crippen LogP contribution in [0.5, 0.6) is 0 Å². The smallest absolute Gasteiger partial charge is 0.0586 e. The van der Waals surface area contributed by atoms with Crippen molar-refractivity contribution in [1.82, 2.24) is 4.57 Å². The third-order valence-electron chi connectivity index (χ3n) is 11.3. The highest BCUT2D eigenvalue weighted by atomic mass is 32.1. The number of hydrogen-bond acceptors (Lipinski definition) is 2. The molecule has 51 heavy (non-hydrogen) atoms. The van der Waals surface area contributed by atoms with Gasteiger partial charge in [-0.3, -0.25) is 0 Å². The minimum absolute atomic E-state index is 0.312. The molecule has 1 aliphatic heterocycles. The quantitative estimate of drug-likeness (QED) is 0.181. The molecule has 3 aliphatic rings. The molecule has 0 amide bonds. The average Bonchev–Trinajstić information content (AvgIpc) is 3.85. The molecule has 3 heteroatoms. The van der Waals surface area contributed by atoms with Crippen LogP contribution in [0, 0.1) is 0 Å². The van der Waals surface area contributed by atoms with Gasteiger partial charge in [0.1, 0.15) is 0 Å². The Hall–Kier alpha value is -5.90. The fraction of sp³-hybridized carbons (Fsp3) is 0.0833. The first-order valence-corrected chi connectivity index (χ1v) is 18.8. The van der Waals surface area contributed by atoms with Gasteiger partial charge in [-0.15, -0.1) is 11.3 Å². The fourth-order valence-corrected chi connectivity index (χ4v) is 10.2. The van der Waals surface area contributed by atoms with Crippen molar-refractivity contribution in [2.45, 2.75) is 24.4 Å². The van der Waals surface area contributed by atoms with Crippen molar-refractivity contribution in [3.05, 3.63) is 182 Å². The second kappa shape index (κ2) is 11.3. The van der Waals surface area contributed by atoms with Crippen LogP contribution in [-0.2, 0) is 0 Å². The Labute approximate surface area is 301 Å². The zero-order chi connectivity index (χ0) is 33.5. The molecule has 2 aromatic heterocycles. The van der Waals surface area contributed by atoms with E-state index in [1.54, 1.807) is 0 Å². The van der Waals surface area contributed by atoms with Crippen LogP contribution in [0.1, 0.15) is 17.9 Å². The molecule has 0 saturated heterocycles. The van der Waals surface area contributed by atoms with Gasteiger partial charge in [0, 0.05) is 48.2 Å². The SMILES string of the molecule is C1=CCC(N2c3cccc(-c4ccccc4-c4ccc5c(c4)c4ccccc4n5-c4ccc5sc6ccccc6c5c4)c3[C@H]3C=CC=CC32)C=C1. The van der Waals surface area contributed by atoms with E-state index in [0.717, 1.165) is 6.42 Å². The number of benzene rings is 6. The van der Waals surface area contributed by atoms with Crippen LogP contribution < -0.4 is 4.90 Å². The third-order valence-corrected chi connectivity index (χ3v) is 12.4. The number of fused-ring (bicyclic) bond motifs is 9. The number of rotatable bonds is 4. The summed E-state index contributed by atoms with van der Waals surface area (Å²) >= 11 is 1.87. The van der Waals surface area contributed by atoms with Crippen LogP contribution in [0.2, 0.25) is 0 Å². The van der Waals surface area contributed by atoms with Gasteiger partial charge in [0.25, 0.3) is 0 Å². The van der Waals surface area contributed by atoms with Crippen LogP contribution in [-0.4, -0.2) is 16.7 Å². The van der Waals surface area contributed by atoms with E-state index in [0.29, 0.717) is 18.0 Å². The molecule has 0 fully saturated rings. The molecule has 0 N–H and O–H groups in total. The van der Waals surface area contributed by atoms with E-state index in [4.69, 9.17) is 0 Å². The molecule has 3 heterocycles. The molecular weight excluding hydrogens is 637 g/mol. The summed E-state index contributed by atoms with van der Waals surface area (Å²) in [5, 5.41) is 5.19. The van der Waals surface area contributed by atoms with Crippen LogP contribution >= 0.6 is 11.3 Å². The predicted octanol–water partition coefficient (Wildman–Crippen LogP) is 12.8. The minimum Gasteiger partial charge on any atom is -0.357 e. The van der Waals surface area contributed by atoms with E-state index in [9.17, 15) is 0 Å². The first-order chi connectivity index (χ1) is 25.3. The van der Waals surface area contributed by atoms with Gasteiger partial charge in [0.15, 0.2) is 0 Å². The number of allylic oxidation sites excluding steroid dienone is 4. The Balaban J connectivity index is 1.08. The van der Waals surface area contributed by atoms with Crippen LogP contribution in [0.4, 0.5) is 5.69 Å². The zero-order valence-corrected chi connectivity index (χ0v) is 28.8. The van der Waals surface area contributed by atoms with Crippen molar-refractivity contribution in [1.29, 1.82) is 0 Å². The lowest BCUT2D eigenvalue weighted by Crippen LogP contribution is -2.40. The summed E-state index contributed by atoms with van der Waals surface area (Å²) in [5.74, 6) is 0.312. The van der Waals surface area contributed by atoms with Gasteiger partial charge >= 0.3 is 0 Å². The Morgan fingerprint density at radius 3 is 2.22 bits per heavy atom. The van der Waals surface area contributed by atoms with E-state index in [1.807, 2.05) is 11.3 Å². The highest BCUT2D eigenvalue weighted by Gasteiger charge is 2.41. The molecule has 0 bridgehead atoms. The normalized spacial score (nSPS) is 19.1. The molecule has 242 valence electrons. The summed E-state index contributed by atoms with van der Waals surface area (Å²) in [5.41, 5.74) is 11.6. The van der Waals surface area contributed by atoms with E-state index in [1.165, 1.54) is 81.2 Å². The molecule has 0 saturated carbocycles. The van der Waals surface area contributed by atoms with Gasteiger partial charge in [-0.05, 0) is 82.8 Å². The topological polar surface area (TPSA) is 8.17 Å². The van der Waals surface area contributed by atoms with Gasteiger partial charge in [-0.1, -0.05) is 127 Å². The van der Waals surface area contributed by atoms with Gasteiger partial charge < -0.3 is 9.47 Å². The van der Waals surface area contributed by atoms with Gasteiger partial charge in [-0.25, -0.2) is 0 Å². The zero-order valence-electron chi connectivity index (χ0n) is 28.0. The molecule has 0 radical (unpaired) electrons. The van der Waals surface area contributed by atoms with Crippen molar-refractivity contribution >= 4 is 59.0 Å². The molecule has 11 rings (SSSR count). The summed E-state index contributed by atoms with van der Waals surface area (Å²) in [6.45, 7) is 0. The molecule has 3 atom stereocenters. The lowest BCUT2D eigenvalue weighted by Gasteiger charge is -2.35.